The van der Waals surface area contributed by atoms with Gasteiger partial charge in [-0.1, -0.05) is 6.92 Å². The lowest BCUT2D eigenvalue weighted by molar-refractivity contribution is -0.156. The van der Waals surface area contributed by atoms with Gasteiger partial charge in [0.15, 0.2) is 12.7 Å². The summed E-state index contributed by atoms with van der Waals surface area (Å²) in [5.74, 6) is -0.328. The molecule has 2 heterocycles. The first kappa shape index (κ1) is 16.9. The van der Waals surface area contributed by atoms with E-state index in [1.54, 1.807) is 0 Å². The number of amides is 1. The van der Waals surface area contributed by atoms with Gasteiger partial charge in [-0.2, -0.15) is 5.26 Å². The molecule has 0 saturated carbocycles. The molecular formula is C17H20N2O4S. The Morgan fingerprint density at radius 2 is 2.29 bits per heavy atom. The van der Waals surface area contributed by atoms with Crippen LogP contribution in [0.4, 0.5) is 5.00 Å². The normalized spacial score (nSPS) is 22.5. The second kappa shape index (κ2) is 7.32. The van der Waals surface area contributed by atoms with Crippen LogP contribution in [-0.2, 0) is 31.9 Å². The van der Waals surface area contributed by atoms with Crippen molar-refractivity contribution in [1.82, 2.24) is 0 Å². The Morgan fingerprint density at radius 1 is 1.46 bits per heavy atom. The second-order valence-electron chi connectivity index (χ2n) is 6.33. The maximum Gasteiger partial charge on any atom is 0.335 e. The van der Waals surface area contributed by atoms with Crippen molar-refractivity contribution < 1.29 is 19.1 Å². The highest BCUT2D eigenvalue weighted by atomic mass is 32.1. The molecule has 0 bridgehead atoms. The maximum atomic E-state index is 12.0. The minimum atomic E-state index is -0.553. The Bertz CT molecular complexity index is 685. The van der Waals surface area contributed by atoms with Crippen molar-refractivity contribution >= 4 is 28.2 Å². The van der Waals surface area contributed by atoms with Gasteiger partial charge in [-0.05, 0) is 43.6 Å². The predicted molar refractivity (Wildman–Crippen MR) is 88.8 cm³/mol. The molecule has 6 nitrogen and oxygen atoms in total. The van der Waals surface area contributed by atoms with Crippen LogP contribution in [0.25, 0.3) is 0 Å². The lowest BCUT2D eigenvalue weighted by Gasteiger charge is -2.17. The summed E-state index contributed by atoms with van der Waals surface area (Å²) in [4.78, 5) is 25.0. The Kier molecular flexibility index (Phi) is 5.17. The Labute approximate surface area is 144 Å². The molecule has 128 valence electrons. The van der Waals surface area contributed by atoms with Crippen molar-refractivity contribution in [3.63, 3.8) is 0 Å². The average Bonchev–Trinajstić information content (AvgIpc) is 3.19. The number of carbonyl (C=O) groups is 2. The van der Waals surface area contributed by atoms with Gasteiger partial charge in [-0.3, -0.25) is 4.79 Å². The van der Waals surface area contributed by atoms with Crippen molar-refractivity contribution in [3.8, 4) is 6.07 Å². The third-order valence-electron chi connectivity index (χ3n) is 4.41. The fraction of sp³-hybridized carbons (Fsp3) is 0.588. The highest BCUT2D eigenvalue weighted by molar-refractivity contribution is 7.16. The molecule has 2 aliphatic rings. The van der Waals surface area contributed by atoms with E-state index in [1.165, 1.54) is 16.2 Å². The number of hydrogen-bond acceptors (Lipinski definition) is 6. The van der Waals surface area contributed by atoms with E-state index in [9.17, 15) is 14.9 Å². The lowest BCUT2D eigenvalue weighted by atomic mass is 9.89. The molecule has 3 rings (SSSR count). The summed E-state index contributed by atoms with van der Waals surface area (Å²) in [6, 6.07) is 2.20. The van der Waals surface area contributed by atoms with E-state index in [-0.39, 0.29) is 6.61 Å². The minimum absolute atomic E-state index is 0.359. The zero-order valence-corrected chi connectivity index (χ0v) is 14.4. The van der Waals surface area contributed by atoms with Gasteiger partial charge < -0.3 is 14.8 Å². The third kappa shape index (κ3) is 3.60. The summed E-state index contributed by atoms with van der Waals surface area (Å²) in [7, 11) is 0. The molecule has 1 aromatic heterocycles. The zero-order chi connectivity index (χ0) is 17.1. The van der Waals surface area contributed by atoms with Crippen LogP contribution >= 0.6 is 11.3 Å². The largest absolute Gasteiger partial charge is 0.454 e. The number of thiophene rings is 1. The molecule has 1 aliphatic heterocycles. The Morgan fingerprint density at radius 3 is 3.00 bits per heavy atom. The summed E-state index contributed by atoms with van der Waals surface area (Å²) in [5.41, 5.74) is 1.62. The molecule has 0 unspecified atom stereocenters. The van der Waals surface area contributed by atoms with E-state index in [4.69, 9.17) is 9.47 Å². The number of hydrogen-bond donors (Lipinski definition) is 1. The van der Waals surface area contributed by atoms with Crippen LogP contribution in [0.2, 0.25) is 0 Å². The Balaban J connectivity index is 1.60. The molecule has 2 atom stereocenters. The smallest absolute Gasteiger partial charge is 0.335 e. The van der Waals surface area contributed by atoms with Gasteiger partial charge >= 0.3 is 5.97 Å². The van der Waals surface area contributed by atoms with Crippen molar-refractivity contribution in [2.75, 3.05) is 18.5 Å². The van der Waals surface area contributed by atoms with Crippen molar-refractivity contribution in [2.45, 2.75) is 45.1 Å². The fourth-order valence-electron chi connectivity index (χ4n) is 3.11. The average molecular weight is 348 g/mol. The van der Waals surface area contributed by atoms with E-state index < -0.39 is 18.0 Å². The molecule has 0 radical (unpaired) electrons. The second-order valence-corrected chi connectivity index (χ2v) is 7.43. The lowest BCUT2D eigenvalue weighted by Crippen LogP contribution is -2.27. The van der Waals surface area contributed by atoms with Crippen LogP contribution < -0.4 is 5.32 Å². The number of nitrogens with one attached hydrogen (secondary N) is 1. The maximum absolute atomic E-state index is 12.0. The number of esters is 1. The van der Waals surface area contributed by atoms with Crippen molar-refractivity contribution in [2.24, 2.45) is 5.92 Å². The molecule has 7 heteroatoms. The van der Waals surface area contributed by atoms with Crippen molar-refractivity contribution in [1.29, 1.82) is 5.26 Å². The van der Waals surface area contributed by atoms with Gasteiger partial charge in [0.1, 0.15) is 11.1 Å². The molecule has 1 aliphatic carbocycles. The summed E-state index contributed by atoms with van der Waals surface area (Å²) in [5, 5.41) is 12.7. The monoisotopic (exact) mass is 348 g/mol. The molecule has 0 aromatic carbocycles. The molecule has 1 fully saturated rings. The third-order valence-corrected chi connectivity index (χ3v) is 5.58. The van der Waals surface area contributed by atoms with E-state index in [0.717, 1.165) is 31.2 Å². The number of nitriles is 1. The summed E-state index contributed by atoms with van der Waals surface area (Å²) >= 11 is 1.46. The molecule has 1 aromatic rings. The minimum Gasteiger partial charge on any atom is -0.454 e. The first-order chi connectivity index (χ1) is 11.6. The topological polar surface area (TPSA) is 88.4 Å². The van der Waals surface area contributed by atoms with Crippen LogP contribution in [-0.4, -0.2) is 31.2 Å². The first-order valence-electron chi connectivity index (χ1n) is 8.21. The first-order valence-corrected chi connectivity index (χ1v) is 9.03. The number of rotatable bonds is 4. The number of fused-ring (bicyclic) bond motifs is 1. The predicted octanol–water partition coefficient (Wildman–Crippen LogP) is 2.41. The van der Waals surface area contributed by atoms with Crippen molar-refractivity contribution in [3.05, 3.63) is 16.0 Å². The van der Waals surface area contributed by atoms with E-state index in [1.807, 2.05) is 0 Å². The summed E-state index contributed by atoms with van der Waals surface area (Å²) in [6.45, 7) is 2.39. The van der Waals surface area contributed by atoms with Crippen LogP contribution in [0.3, 0.4) is 0 Å². The van der Waals surface area contributed by atoms with Gasteiger partial charge in [-0.25, -0.2) is 4.79 Å². The highest BCUT2D eigenvalue weighted by Crippen LogP contribution is 2.39. The number of nitrogens with zero attached hydrogens (tertiary/aromatic N) is 1. The van der Waals surface area contributed by atoms with Crippen LogP contribution in [0.15, 0.2) is 0 Å². The summed E-state index contributed by atoms with van der Waals surface area (Å²) < 4.78 is 10.2. The SMILES string of the molecule is C[C@H]1CCc2c(sc(NC(=O)COC(=O)[C@@H]3CCCO3)c2C#N)C1. The van der Waals surface area contributed by atoms with Crippen LogP contribution in [0.5, 0.6) is 0 Å². The van der Waals surface area contributed by atoms with E-state index >= 15 is 0 Å². The van der Waals surface area contributed by atoms with Gasteiger partial charge in [0.05, 0.1) is 5.56 Å². The number of ether oxygens (including phenoxy) is 2. The molecular weight excluding hydrogens is 328 g/mol. The van der Waals surface area contributed by atoms with Gasteiger partial charge in [0, 0.05) is 11.5 Å². The fourth-order valence-corrected chi connectivity index (χ4v) is 4.49. The van der Waals surface area contributed by atoms with Crippen LogP contribution in [0.1, 0.15) is 42.2 Å². The number of carbonyl (C=O) groups excluding carboxylic acids is 2. The van der Waals surface area contributed by atoms with E-state index in [2.05, 4.69) is 18.3 Å². The molecule has 0 spiro atoms. The molecule has 1 amide bonds. The van der Waals surface area contributed by atoms with Gasteiger partial charge in [-0.15, -0.1) is 11.3 Å². The highest BCUT2D eigenvalue weighted by Gasteiger charge is 2.27. The molecule has 24 heavy (non-hydrogen) atoms. The Hall–Kier alpha value is -1.91. The standard InChI is InChI=1S/C17H20N2O4S/c1-10-4-5-11-12(8-18)16(24-14(11)7-10)19-15(20)9-23-17(21)13-3-2-6-22-13/h10,13H,2-7,9H2,1H3,(H,19,20)/t10-,13-/m0/s1. The number of anilines is 1. The van der Waals surface area contributed by atoms with E-state index in [0.29, 0.717) is 29.5 Å². The van der Waals surface area contributed by atoms with Crippen LogP contribution in [0, 0.1) is 17.2 Å². The molecule has 1 saturated heterocycles. The molecule has 1 N–H and O–H groups in total. The van der Waals surface area contributed by atoms with Gasteiger partial charge in [0.2, 0.25) is 0 Å². The quantitative estimate of drug-likeness (QED) is 0.844. The summed E-state index contributed by atoms with van der Waals surface area (Å²) in [6.07, 6.45) is 3.79. The van der Waals surface area contributed by atoms with Gasteiger partial charge in [0.25, 0.3) is 5.91 Å². The zero-order valence-electron chi connectivity index (χ0n) is 13.6.